The van der Waals surface area contributed by atoms with Crippen molar-refractivity contribution in [3.05, 3.63) is 11.8 Å². The SMILES string of the molecule is C[Si](C)O/C1=C/CC(C(C)(C)C)CCCCCCCC1. The third-order valence-corrected chi connectivity index (χ3v) is 5.09. The van der Waals surface area contributed by atoms with Gasteiger partial charge in [-0.3, -0.25) is 0 Å². The molecule has 0 saturated heterocycles. The average Bonchev–Trinajstić information content (AvgIpc) is 2.30. The van der Waals surface area contributed by atoms with Gasteiger partial charge >= 0.3 is 0 Å². The van der Waals surface area contributed by atoms with Crippen molar-refractivity contribution >= 4 is 9.04 Å². The van der Waals surface area contributed by atoms with Crippen molar-refractivity contribution in [2.75, 3.05) is 0 Å². The first-order valence-corrected chi connectivity index (χ1v) is 11.0. The van der Waals surface area contributed by atoms with Crippen LogP contribution in [0.25, 0.3) is 0 Å². The molecule has 0 aromatic heterocycles. The topological polar surface area (TPSA) is 9.23 Å². The summed E-state index contributed by atoms with van der Waals surface area (Å²) < 4.78 is 6.12. The molecule has 0 bridgehead atoms. The molecular formula is C18H35OSi. The third kappa shape index (κ3) is 7.52. The third-order valence-electron chi connectivity index (χ3n) is 4.42. The van der Waals surface area contributed by atoms with E-state index in [0.717, 1.165) is 12.3 Å². The summed E-state index contributed by atoms with van der Waals surface area (Å²) in [7, 11) is -0.619. The maximum absolute atomic E-state index is 6.12. The molecule has 1 unspecified atom stereocenters. The lowest BCUT2D eigenvalue weighted by molar-refractivity contribution is 0.219. The molecule has 1 atom stereocenters. The van der Waals surface area contributed by atoms with E-state index in [-0.39, 0.29) is 0 Å². The van der Waals surface area contributed by atoms with Crippen molar-refractivity contribution in [3.8, 4) is 0 Å². The molecule has 20 heavy (non-hydrogen) atoms. The normalized spacial score (nSPS) is 26.3. The van der Waals surface area contributed by atoms with Crippen LogP contribution >= 0.6 is 0 Å². The van der Waals surface area contributed by atoms with E-state index in [4.69, 9.17) is 4.43 Å². The van der Waals surface area contributed by atoms with E-state index in [0.29, 0.717) is 5.41 Å². The van der Waals surface area contributed by atoms with Crippen LogP contribution < -0.4 is 0 Å². The second-order valence-corrected chi connectivity index (χ2v) is 9.66. The molecule has 0 fully saturated rings. The van der Waals surface area contributed by atoms with Crippen LogP contribution in [0.1, 0.15) is 78.6 Å². The van der Waals surface area contributed by atoms with Gasteiger partial charge in [0.1, 0.15) is 0 Å². The minimum atomic E-state index is -0.619. The smallest absolute Gasteiger partial charge is 0.273 e. The fraction of sp³-hybridized carbons (Fsp3) is 0.889. The van der Waals surface area contributed by atoms with E-state index < -0.39 is 9.04 Å². The van der Waals surface area contributed by atoms with Gasteiger partial charge in [-0.25, -0.2) is 0 Å². The Hall–Kier alpha value is -0.243. The van der Waals surface area contributed by atoms with Gasteiger partial charge in [0.2, 0.25) is 0 Å². The van der Waals surface area contributed by atoms with Crippen LogP contribution in [-0.4, -0.2) is 9.04 Å². The molecule has 0 aliphatic heterocycles. The maximum Gasteiger partial charge on any atom is 0.273 e. The van der Waals surface area contributed by atoms with Crippen molar-refractivity contribution in [3.63, 3.8) is 0 Å². The van der Waals surface area contributed by atoms with Gasteiger partial charge in [0, 0.05) is 6.42 Å². The summed E-state index contributed by atoms with van der Waals surface area (Å²) in [4.78, 5) is 0. The number of rotatable bonds is 2. The lowest BCUT2D eigenvalue weighted by Gasteiger charge is -2.30. The summed E-state index contributed by atoms with van der Waals surface area (Å²) in [6.07, 6.45) is 14.5. The zero-order chi connectivity index (χ0) is 15.0. The molecule has 0 N–H and O–H groups in total. The fourth-order valence-electron chi connectivity index (χ4n) is 3.03. The standard InChI is InChI=1S/C18H35OSi/c1-18(2,3)16-12-10-8-6-7-9-11-13-17(15-14-16)19-20(4)5/h15-16H,6-14H2,1-5H3/b17-15+. The van der Waals surface area contributed by atoms with Gasteiger partial charge in [-0.1, -0.05) is 52.9 Å². The molecule has 1 aliphatic carbocycles. The van der Waals surface area contributed by atoms with Crippen LogP contribution in [-0.2, 0) is 4.43 Å². The van der Waals surface area contributed by atoms with Crippen molar-refractivity contribution in [1.82, 2.24) is 0 Å². The van der Waals surface area contributed by atoms with Crippen LogP contribution in [0.2, 0.25) is 13.1 Å². The Bertz CT molecular complexity index is 288. The highest BCUT2D eigenvalue weighted by Crippen LogP contribution is 2.34. The molecule has 0 saturated carbocycles. The van der Waals surface area contributed by atoms with Gasteiger partial charge in [-0.2, -0.15) is 0 Å². The molecule has 1 aliphatic rings. The minimum Gasteiger partial charge on any atom is -0.546 e. The number of hydrogen-bond acceptors (Lipinski definition) is 1. The van der Waals surface area contributed by atoms with Gasteiger partial charge in [-0.15, -0.1) is 0 Å². The van der Waals surface area contributed by atoms with Crippen LogP contribution in [0, 0.1) is 11.3 Å². The molecule has 0 spiro atoms. The molecule has 0 aromatic rings. The zero-order valence-electron chi connectivity index (χ0n) is 14.4. The highest BCUT2D eigenvalue weighted by atomic mass is 28.3. The molecule has 0 amide bonds. The van der Waals surface area contributed by atoms with Gasteiger partial charge in [0.05, 0.1) is 5.76 Å². The summed E-state index contributed by atoms with van der Waals surface area (Å²) in [5.41, 5.74) is 0.415. The summed E-state index contributed by atoms with van der Waals surface area (Å²) in [6.45, 7) is 11.7. The van der Waals surface area contributed by atoms with Gasteiger partial charge < -0.3 is 4.43 Å². The second kappa shape index (κ2) is 8.91. The quantitative estimate of drug-likeness (QED) is 0.541. The van der Waals surface area contributed by atoms with E-state index >= 15 is 0 Å². The summed E-state index contributed by atoms with van der Waals surface area (Å²) in [6, 6.07) is 0. The van der Waals surface area contributed by atoms with E-state index in [1.807, 2.05) is 0 Å². The number of hydrogen-bond donors (Lipinski definition) is 0. The fourth-order valence-corrected chi connectivity index (χ4v) is 3.74. The Kier molecular flexibility index (Phi) is 7.94. The Labute approximate surface area is 128 Å². The Morgan fingerprint density at radius 2 is 1.60 bits per heavy atom. The molecule has 1 rings (SSSR count). The Morgan fingerprint density at radius 1 is 1.00 bits per heavy atom. The summed E-state index contributed by atoms with van der Waals surface area (Å²) in [5, 5.41) is 0. The highest BCUT2D eigenvalue weighted by molar-refractivity contribution is 6.48. The maximum atomic E-state index is 6.12. The zero-order valence-corrected chi connectivity index (χ0v) is 15.4. The lowest BCUT2D eigenvalue weighted by Crippen LogP contribution is -2.20. The molecule has 0 aromatic carbocycles. The van der Waals surface area contributed by atoms with Crippen molar-refractivity contribution in [1.29, 1.82) is 0 Å². The predicted molar refractivity (Wildman–Crippen MR) is 91.1 cm³/mol. The first kappa shape index (κ1) is 17.8. The van der Waals surface area contributed by atoms with Crippen molar-refractivity contribution < 1.29 is 4.43 Å². The minimum absolute atomic E-state index is 0.415. The molecular weight excluding hydrogens is 260 g/mol. The van der Waals surface area contributed by atoms with Crippen LogP contribution in [0.5, 0.6) is 0 Å². The highest BCUT2D eigenvalue weighted by Gasteiger charge is 2.23. The molecule has 1 nitrogen and oxygen atoms in total. The first-order valence-electron chi connectivity index (χ1n) is 8.56. The van der Waals surface area contributed by atoms with Crippen LogP contribution in [0.15, 0.2) is 11.8 Å². The van der Waals surface area contributed by atoms with E-state index in [1.165, 1.54) is 57.1 Å². The molecule has 2 heteroatoms. The molecule has 117 valence electrons. The first-order chi connectivity index (χ1) is 9.39. The van der Waals surface area contributed by atoms with Gasteiger partial charge in [0.15, 0.2) is 0 Å². The second-order valence-electron chi connectivity index (χ2n) is 7.64. The molecule has 1 radical (unpaired) electrons. The van der Waals surface area contributed by atoms with E-state index in [1.54, 1.807) is 0 Å². The van der Waals surface area contributed by atoms with Gasteiger partial charge in [0.25, 0.3) is 9.04 Å². The predicted octanol–water partition coefficient (Wildman–Crippen LogP) is 6.32. The molecule has 0 heterocycles. The van der Waals surface area contributed by atoms with E-state index in [9.17, 15) is 0 Å². The van der Waals surface area contributed by atoms with E-state index in [2.05, 4.69) is 39.9 Å². The summed E-state index contributed by atoms with van der Waals surface area (Å²) >= 11 is 0. The van der Waals surface area contributed by atoms with Crippen LogP contribution in [0.4, 0.5) is 0 Å². The largest absolute Gasteiger partial charge is 0.546 e. The monoisotopic (exact) mass is 295 g/mol. The number of allylic oxidation sites excluding steroid dienone is 2. The average molecular weight is 296 g/mol. The van der Waals surface area contributed by atoms with Gasteiger partial charge in [-0.05, 0) is 49.8 Å². The summed E-state index contributed by atoms with van der Waals surface area (Å²) in [5.74, 6) is 2.09. The lowest BCUT2D eigenvalue weighted by atomic mass is 9.75. The van der Waals surface area contributed by atoms with Crippen molar-refractivity contribution in [2.24, 2.45) is 11.3 Å². The Morgan fingerprint density at radius 3 is 2.20 bits per heavy atom. The van der Waals surface area contributed by atoms with Crippen molar-refractivity contribution in [2.45, 2.75) is 91.7 Å². The van der Waals surface area contributed by atoms with Crippen LogP contribution in [0.3, 0.4) is 0 Å². The Balaban J connectivity index is 2.71.